The number of aromatic nitrogens is 2. The molecule has 1 heterocycles. The molecule has 0 radical (unpaired) electrons. The molecule has 1 N–H and O–H groups in total. The summed E-state index contributed by atoms with van der Waals surface area (Å²) in [5.74, 6) is -0.612. The highest BCUT2D eigenvalue weighted by atomic mass is 32.1. The van der Waals surface area contributed by atoms with Crippen molar-refractivity contribution in [2.24, 2.45) is 0 Å². The first-order valence-electron chi connectivity index (χ1n) is 4.98. The quantitative estimate of drug-likeness (QED) is 0.906. The molecule has 2 aromatic rings. The van der Waals surface area contributed by atoms with Crippen LogP contribution in [0.3, 0.4) is 0 Å². The van der Waals surface area contributed by atoms with Crippen LogP contribution >= 0.6 is 11.3 Å². The molecule has 1 aromatic carbocycles. The van der Waals surface area contributed by atoms with Crippen molar-refractivity contribution >= 4 is 17.2 Å². The fourth-order valence-corrected chi connectivity index (χ4v) is 1.92. The molecular formula is C11H10FN3OS. The first-order chi connectivity index (χ1) is 8.15. The normalized spacial score (nSPS) is 10.2. The summed E-state index contributed by atoms with van der Waals surface area (Å²) < 4.78 is 12.7. The smallest absolute Gasteiger partial charge is 0.251 e. The highest BCUT2D eigenvalue weighted by molar-refractivity contribution is 7.11. The molecule has 2 rings (SSSR count). The number of hydrogen-bond acceptors (Lipinski definition) is 4. The Bertz CT molecular complexity index is 524. The lowest BCUT2D eigenvalue weighted by atomic mass is 10.2. The van der Waals surface area contributed by atoms with Crippen molar-refractivity contribution in [1.82, 2.24) is 15.5 Å². The Hall–Kier alpha value is -1.82. The Morgan fingerprint density at radius 3 is 2.65 bits per heavy atom. The number of halogens is 1. The van der Waals surface area contributed by atoms with Gasteiger partial charge in [0, 0.05) is 5.56 Å². The van der Waals surface area contributed by atoms with Gasteiger partial charge in [0.25, 0.3) is 5.91 Å². The van der Waals surface area contributed by atoms with Crippen molar-refractivity contribution in [3.63, 3.8) is 0 Å². The number of carbonyl (C=O) groups is 1. The van der Waals surface area contributed by atoms with Crippen molar-refractivity contribution in [3.8, 4) is 0 Å². The van der Waals surface area contributed by atoms with Crippen LogP contribution in [0.5, 0.6) is 0 Å². The van der Waals surface area contributed by atoms with Gasteiger partial charge in [-0.05, 0) is 31.2 Å². The van der Waals surface area contributed by atoms with Crippen molar-refractivity contribution in [1.29, 1.82) is 0 Å². The van der Waals surface area contributed by atoms with Crippen molar-refractivity contribution < 1.29 is 9.18 Å². The van der Waals surface area contributed by atoms with E-state index in [9.17, 15) is 9.18 Å². The van der Waals surface area contributed by atoms with Crippen LogP contribution in [-0.2, 0) is 6.54 Å². The van der Waals surface area contributed by atoms with Gasteiger partial charge in [-0.3, -0.25) is 4.79 Å². The highest BCUT2D eigenvalue weighted by Gasteiger charge is 2.06. The molecule has 0 saturated heterocycles. The summed E-state index contributed by atoms with van der Waals surface area (Å²) in [6.45, 7) is 2.19. The van der Waals surface area contributed by atoms with Crippen molar-refractivity contribution in [2.45, 2.75) is 13.5 Å². The number of nitrogens with zero attached hydrogens (tertiary/aromatic N) is 2. The largest absolute Gasteiger partial charge is 0.345 e. The summed E-state index contributed by atoms with van der Waals surface area (Å²) in [7, 11) is 0. The molecule has 0 aliphatic heterocycles. The van der Waals surface area contributed by atoms with Gasteiger partial charge < -0.3 is 5.32 Å². The summed E-state index contributed by atoms with van der Waals surface area (Å²) in [6.07, 6.45) is 0. The van der Waals surface area contributed by atoms with E-state index in [0.29, 0.717) is 12.1 Å². The maximum Gasteiger partial charge on any atom is 0.251 e. The SMILES string of the molecule is Cc1nnc(CNC(=O)c2ccc(F)cc2)s1. The number of aryl methyl sites for hydroxylation is 1. The van der Waals surface area contributed by atoms with Crippen LogP contribution in [-0.4, -0.2) is 16.1 Å². The fraction of sp³-hybridized carbons (Fsp3) is 0.182. The average molecular weight is 251 g/mol. The van der Waals surface area contributed by atoms with E-state index >= 15 is 0 Å². The summed E-state index contributed by atoms with van der Waals surface area (Å²) in [6, 6.07) is 5.39. The van der Waals surface area contributed by atoms with Gasteiger partial charge in [0.05, 0.1) is 6.54 Å². The molecule has 0 bridgehead atoms. The van der Waals surface area contributed by atoms with E-state index in [0.717, 1.165) is 10.0 Å². The van der Waals surface area contributed by atoms with Gasteiger partial charge in [0.2, 0.25) is 0 Å². The molecule has 88 valence electrons. The second-order valence-corrected chi connectivity index (χ2v) is 4.67. The average Bonchev–Trinajstić information content (AvgIpc) is 2.73. The predicted molar refractivity (Wildman–Crippen MR) is 62.2 cm³/mol. The van der Waals surface area contributed by atoms with Crippen LogP contribution in [0.25, 0.3) is 0 Å². The summed E-state index contributed by atoms with van der Waals surface area (Å²) in [4.78, 5) is 11.7. The van der Waals surface area contributed by atoms with E-state index in [2.05, 4.69) is 15.5 Å². The standard InChI is InChI=1S/C11H10FN3OS/c1-7-14-15-10(17-7)6-13-11(16)8-2-4-9(12)5-3-8/h2-5H,6H2,1H3,(H,13,16). The lowest BCUT2D eigenvalue weighted by Crippen LogP contribution is -2.22. The van der Waals surface area contributed by atoms with Crippen LogP contribution in [0.15, 0.2) is 24.3 Å². The van der Waals surface area contributed by atoms with Gasteiger partial charge in [0.1, 0.15) is 15.8 Å². The van der Waals surface area contributed by atoms with Crippen molar-refractivity contribution in [2.75, 3.05) is 0 Å². The van der Waals surface area contributed by atoms with Crippen LogP contribution < -0.4 is 5.32 Å². The Morgan fingerprint density at radius 2 is 2.06 bits per heavy atom. The monoisotopic (exact) mass is 251 g/mol. The zero-order valence-corrected chi connectivity index (χ0v) is 9.92. The Labute approximate surface area is 102 Å². The molecule has 0 atom stereocenters. The zero-order valence-electron chi connectivity index (χ0n) is 9.11. The highest BCUT2D eigenvalue weighted by Crippen LogP contribution is 2.08. The van der Waals surface area contributed by atoms with E-state index < -0.39 is 0 Å². The summed E-state index contributed by atoms with van der Waals surface area (Å²) in [5, 5.41) is 12.0. The van der Waals surface area contributed by atoms with Gasteiger partial charge in [-0.1, -0.05) is 11.3 Å². The third-order valence-electron chi connectivity index (χ3n) is 2.07. The predicted octanol–water partition coefficient (Wildman–Crippen LogP) is 1.92. The minimum absolute atomic E-state index is 0.252. The van der Waals surface area contributed by atoms with Gasteiger partial charge in [0.15, 0.2) is 0 Å². The Balaban J connectivity index is 1.95. The molecule has 0 aliphatic carbocycles. The molecule has 1 aromatic heterocycles. The van der Waals surface area contributed by atoms with Crippen LogP contribution in [0.4, 0.5) is 4.39 Å². The van der Waals surface area contributed by atoms with E-state index in [1.165, 1.54) is 35.6 Å². The number of hydrogen-bond donors (Lipinski definition) is 1. The van der Waals surface area contributed by atoms with Gasteiger partial charge >= 0.3 is 0 Å². The molecule has 0 fully saturated rings. The molecule has 4 nitrogen and oxygen atoms in total. The van der Waals surface area contributed by atoms with Crippen LogP contribution in [0, 0.1) is 12.7 Å². The molecule has 17 heavy (non-hydrogen) atoms. The van der Waals surface area contributed by atoms with Gasteiger partial charge in [-0.2, -0.15) is 0 Å². The van der Waals surface area contributed by atoms with Crippen molar-refractivity contribution in [3.05, 3.63) is 45.7 Å². The molecule has 0 unspecified atom stereocenters. The minimum Gasteiger partial charge on any atom is -0.345 e. The first kappa shape index (κ1) is 11.7. The maximum atomic E-state index is 12.7. The third-order valence-corrected chi connectivity index (χ3v) is 2.91. The number of benzene rings is 1. The van der Waals surface area contributed by atoms with Gasteiger partial charge in [-0.25, -0.2) is 4.39 Å². The van der Waals surface area contributed by atoms with Gasteiger partial charge in [-0.15, -0.1) is 10.2 Å². The maximum absolute atomic E-state index is 12.7. The van der Waals surface area contributed by atoms with E-state index in [1.807, 2.05) is 6.92 Å². The first-order valence-corrected chi connectivity index (χ1v) is 5.79. The summed E-state index contributed by atoms with van der Waals surface area (Å²) in [5.41, 5.74) is 0.424. The zero-order chi connectivity index (χ0) is 12.3. The van der Waals surface area contributed by atoms with Crippen LogP contribution in [0.2, 0.25) is 0 Å². The molecular weight excluding hydrogens is 241 g/mol. The number of carbonyl (C=O) groups excluding carboxylic acids is 1. The molecule has 0 aliphatic rings. The van der Waals surface area contributed by atoms with Crippen LogP contribution in [0.1, 0.15) is 20.4 Å². The summed E-state index contributed by atoms with van der Waals surface area (Å²) >= 11 is 1.43. The molecule has 1 amide bonds. The molecule has 0 saturated carbocycles. The number of rotatable bonds is 3. The second-order valence-electron chi connectivity index (χ2n) is 3.40. The van der Waals surface area contributed by atoms with E-state index in [4.69, 9.17) is 0 Å². The topological polar surface area (TPSA) is 54.9 Å². The molecule has 0 spiro atoms. The minimum atomic E-state index is -0.360. The Morgan fingerprint density at radius 1 is 1.35 bits per heavy atom. The molecule has 6 heteroatoms. The number of nitrogens with one attached hydrogen (secondary N) is 1. The number of amides is 1. The third kappa shape index (κ3) is 3.07. The lowest BCUT2D eigenvalue weighted by Gasteiger charge is -2.02. The fourth-order valence-electron chi connectivity index (χ4n) is 1.27. The lowest BCUT2D eigenvalue weighted by molar-refractivity contribution is 0.0951. The second kappa shape index (κ2) is 5.01. The van der Waals surface area contributed by atoms with E-state index in [1.54, 1.807) is 0 Å². The van der Waals surface area contributed by atoms with E-state index in [-0.39, 0.29) is 11.7 Å². The Kier molecular flexibility index (Phi) is 3.43.